The van der Waals surface area contributed by atoms with Gasteiger partial charge in [0.2, 0.25) is 0 Å². The Morgan fingerprint density at radius 3 is 1.69 bits per heavy atom. The maximum Gasteiger partial charge on any atom is 0.252 e. The van der Waals surface area contributed by atoms with Gasteiger partial charge in [-0.1, -0.05) is 116 Å². The van der Waals surface area contributed by atoms with Crippen molar-refractivity contribution in [1.29, 1.82) is 0 Å². The Kier molecular flexibility index (Phi) is 9.27. The van der Waals surface area contributed by atoms with E-state index in [-0.39, 0.29) is 6.71 Å². The second-order valence-corrected chi connectivity index (χ2v) is 15.4. The summed E-state index contributed by atoms with van der Waals surface area (Å²) in [4.78, 5) is 7.43. The zero-order valence-electron chi connectivity index (χ0n) is 32.5. The highest BCUT2D eigenvalue weighted by molar-refractivity contribution is 7.00. The molecule has 270 valence electrons. The van der Waals surface area contributed by atoms with Gasteiger partial charge in [-0.25, -0.2) is 0 Å². The van der Waals surface area contributed by atoms with Crippen LogP contribution in [-0.2, 0) is 6.42 Å². The van der Waals surface area contributed by atoms with E-state index in [0.29, 0.717) is 0 Å². The van der Waals surface area contributed by atoms with Crippen LogP contribution in [0.25, 0.3) is 0 Å². The van der Waals surface area contributed by atoms with Gasteiger partial charge in [0.15, 0.2) is 0 Å². The molecular formula is C51H48BN3. The van der Waals surface area contributed by atoms with Crippen molar-refractivity contribution in [2.75, 3.05) is 14.7 Å². The molecule has 0 saturated heterocycles. The van der Waals surface area contributed by atoms with Crippen molar-refractivity contribution < 1.29 is 0 Å². The fraction of sp³-hybridized carbons (Fsp3) is 0.176. The highest BCUT2D eigenvalue weighted by Gasteiger charge is 2.43. The summed E-state index contributed by atoms with van der Waals surface area (Å²) in [6, 6.07) is 58.9. The second-order valence-electron chi connectivity index (χ2n) is 15.4. The molecule has 55 heavy (non-hydrogen) atoms. The molecular weight excluding hydrogens is 665 g/mol. The van der Waals surface area contributed by atoms with E-state index in [1.54, 1.807) is 0 Å². The van der Waals surface area contributed by atoms with Crippen LogP contribution in [0.5, 0.6) is 0 Å². The summed E-state index contributed by atoms with van der Waals surface area (Å²) in [6.45, 7) is 8.99. The van der Waals surface area contributed by atoms with Crippen molar-refractivity contribution >= 4 is 74.3 Å². The van der Waals surface area contributed by atoms with Crippen LogP contribution in [0.2, 0.25) is 0 Å². The third-order valence-electron chi connectivity index (χ3n) is 11.4. The predicted octanol–water partition coefficient (Wildman–Crippen LogP) is 12.3. The fourth-order valence-electron chi connectivity index (χ4n) is 8.80. The van der Waals surface area contributed by atoms with E-state index in [2.05, 4.69) is 200 Å². The van der Waals surface area contributed by atoms with Gasteiger partial charge in [0.1, 0.15) is 0 Å². The van der Waals surface area contributed by atoms with Gasteiger partial charge >= 0.3 is 0 Å². The van der Waals surface area contributed by atoms with Gasteiger partial charge in [0, 0.05) is 51.2 Å². The number of anilines is 9. The molecule has 0 aliphatic carbocycles. The quantitative estimate of drug-likeness (QED) is 0.103. The Hall–Kier alpha value is -6.00. The molecule has 0 radical (unpaired) electrons. The van der Waals surface area contributed by atoms with Gasteiger partial charge in [-0.2, -0.15) is 0 Å². The molecule has 4 heteroatoms. The van der Waals surface area contributed by atoms with E-state index in [4.69, 9.17) is 0 Å². The van der Waals surface area contributed by atoms with E-state index in [9.17, 15) is 0 Å². The Morgan fingerprint density at radius 2 is 1.05 bits per heavy atom. The van der Waals surface area contributed by atoms with Crippen LogP contribution in [0.15, 0.2) is 158 Å². The molecule has 2 aliphatic rings. The summed E-state index contributed by atoms with van der Waals surface area (Å²) in [7, 11) is 0. The minimum atomic E-state index is 0.0715. The summed E-state index contributed by atoms with van der Waals surface area (Å²) in [5.74, 6) is 0. The van der Waals surface area contributed by atoms with Crippen LogP contribution < -0.4 is 31.1 Å². The van der Waals surface area contributed by atoms with Gasteiger partial charge in [-0.15, -0.1) is 0 Å². The minimum Gasteiger partial charge on any atom is -0.311 e. The molecule has 0 amide bonds. The molecule has 9 rings (SSSR count). The number of aryl methyl sites for hydroxylation is 4. The summed E-state index contributed by atoms with van der Waals surface area (Å²) in [5.41, 5.74) is 19.9. The average Bonchev–Trinajstić information content (AvgIpc) is 3.21. The first-order valence-corrected chi connectivity index (χ1v) is 20.0. The average molecular weight is 714 g/mol. The Labute approximate surface area is 327 Å². The van der Waals surface area contributed by atoms with Crippen LogP contribution in [0.3, 0.4) is 0 Å². The van der Waals surface area contributed by atoms with Crippen molar-refractivity contribution in [2.24, 2.45) is 0 Å². The highest BCUT2D eigenvalue weighted by atomic mass is 15.2. The van der Waals surface area contributed by atoms with E-state index in [1.165, 1.54) is 98.4 Å². The van der Waals surface area contributed by atoms with Crippen molar-refractivity contribution in [1.82, 2.24) is 0 Å². The van der Waals surface area contributed by atoms with Gasteiger partial charge in [0.25, 0.3) is 6.71 Å². The van der Waals surface area contributed by atoms with Crippen LogP contribution in [0.1, 0.15) is 54.9 Å². The molecule has 7 aromatic carbocycles. The van der Waals surface area contributed by atoms with Crippen molar-refractivity contribution in [2.45, 2.75) is 59.8 Å². The molecule has 0 unspecified atom stereocenters. The monoisotopic (exact) mass is 713 g/mol. The predicted molar refractivity (Wildman–Crippen MR) is 237 cm³/mol. The number of unbranched alkanes of at least 4 members (excludes halogenated alkanes) is 3. The van der Waals surface area contributed by atoms with E-state index in [1.807, 2.05) is 0 Å². The second kappa shape index (κ2) is 14.7. The number of fused-ring (bicyclic) bond motifs is 4. The molecule has 0 bridgehead atoms. The third-order valence-corrected chi connectivity index (χ3v) is 11.4. The zero-order chi connectivity index (χ0) is 37.5. The number of hydrogen-bond acceptors (Lipinski definition) is 3. The van der Waals surface area contributed by atoms with E-state index < -0.39 is 0 Å². The molecule has 0 atom stereocenters. The molecule has 0 N–H and O–H groups in total. The lowest BCUT2D eigenvalue weighted by atomic mass is 9.33. The summed E-state index contributed by atoms with van der Waals surface area (Å²) in [5, 5.41) is 0. The van der Waals surface area contributed by atoms with Crippen molar-refractivity contribution in [3.63, 3.8) is 0 Å². The summed E-state index contributed by atoms with van der Waals surface area (Å²) in [6.07, 6.45) is 6.20. The van der Waals surface area contributed by atoms with E-state index >= 15 is 0 Å². The molecule has 3 nitrogen and oxygen atoms in total. The first kappa shape index (κ1) is 34.8. The number of para-hydroxylation sites is 2. The number of benzene rings is 7. The maximum atomic E-state index is 2.55. The summed E-state index contributed by atoms with van der Waals surface area (Å²) >= 11 is 0. The number of nitrogens with zero attached hydrogens (tertiary/aromatic N) is 3. The third kappa shape index (κ3) is 6.40. The SMILES string of the molecule is CCCCCCc1ccc(N2c3cc(N(c4ccccc4)c4ccccc4)ccc3B3c4cc(C)ccc4N(c4ccc(C)cc4)c4cc(C)cc2c43)cc1. The highest BCUT2D eigenvalue weighted by Crippen LogP contribution is 2.46. The number of rotatable bonds is 10. The van der Waals surface area contributed by atoms with Crippen molar-refractivity contribution in [3.05, 3.63) is 180 Å². The number of hydrogen-bond donors (Lipinski definition) is 0. The largest absolute Gasteiger partial charge is 0.311 e. The van der Waals surface area contributed by atoms with Gasteiger partial charge in [-0.05, 0) is 140 Å². The molecule has 0 spiro atoms. The first-order valence-electron chi connectivity index (χ1n) is 20.0. The van der Waals surface area contributed by atoms with E-state index in [0.717, 1.165) is 23.5 Å². The Morgan fingerprint density at radius 1 is 0.455 bits per heavy atom. The lowest BCUT2D eigenvalue weighted by Crippen LogP contribution is -2.61. The smallest absolute Gasteiger partial charge is 0.252 e. The molecule has 0 fully saturated rings. The van der Waals surface area contributed by atoms with Crippen LogP contribution in [0, 0.1) is 20.8 Å². The van der Waals surface area contributed by atoms with Crippen LogP contribution in [0.4, 0.5) is 51.2 Å². The van der Waals surface area contributed by atoms with Gasteiger partial charge in [-0.3, -0.25) is 0 Å². The summed E-state index contributed by atoms with van der Waals surface area (Å²) < 4.78 is 0. The van der Waals surface area contributed by atoms with Gasteiger partial charge < -0.3 is 14.7 Å². The Balaban J connectivity index is 1.28. The maximum absolute atomic E-state index is 2.55. The van der Waals surface area contributed by atoms with Gasteiger partial charge in [0.05, 0.1) is 0 Å². The lowest BCUT2D eigenvalue weighted by molar-refractivity contribution is 0.667. The van der Waals surface area contributed by atoms with Crippen LogP contribution >= 0.6 is 0 Å². The minimum absolute atomic E-state index is 0.0715. The standard InChI is InChI=1S/C51H48BN3/c1-5-6-7-10-15-39-23-27-43(28-24-39)55-48-35-44(53(40-16-11-8-12-17-40)41-18-13-9-14-19-41)29-30-45(48)52-46-32-37(3)22-31-47(46)54(42-25-20-36(2)21-26-42)49-33-38(4)34-50(55)51(49)52/h8-9,11-14,16-35H,5-7,10,15H2,1-4H3. The Bertz CT molecular complexity index is 2420. The molecule has 7 aromatic rings. The van der Waals surface area contributed by atoms with Crippen LogP contribution in [-0.4, -0.2) is 6.71 Å². The topological polar surface area (TPSA) is 9.72 Å². The first-order chi connectivity index (χ1) is 27.0. The lowest BCUT2D eigenvalue weighted by Gasteiger charge is -2.44. The fourth-order valence-corrected chi connectivity index (χ4v) is 8.80. The molecule has 2 aliphatic heterocycles. The molecule has 2 heterocycles. The normalized spacial score (nSPS) is 12.6. The molecule has 0 aromatic heterocycles. The zero-order valence-corrected chi connectivity index (χ0v) is 32.5. The van der Waals surface area contributed by atoms with Crippen molar-refractivity contribution in [3.8, 4) is 0 Å². The molecule has 0 saturated carbocycles.